The molecule has 0 radical (unpaired) electrons. The van der Waals surface area contributed by atoms with E-state index >= 15 is 0 Å². The van der Waals surface area contributed by atoms with Crippen molar-refractivity contribution in [3.05, 3.63) is 54.1 Å². The van der Waals surface area contributed by atoms with Crippen LogP contribution >= 0.6 is 15.2 Å². The predicted octanol–water partition coefficient (Wildman–Crippen LogP) is 0.235. The molecule has 16 heteroatoms. The van der Waals surface area contributed by atoms with Crippen molar-refractivity contribution in [2.45, 2.75) is 31.0 Å². The number of aromatic nitrogens is 4. The normalized spacial score (nSPS) is 24.9. The van der Waals surface area contributed by atoms with Crippen molar-refractivity contribution < 1.29 is 43.3 Å². The number of benzene rings is 1. The second-order valence-corrected chi connectivity index (χ2v) is 11.7. The Morgan fingerprint density at radius 1 is 1.09 bits per heavy atom. The molecule has 1 aliphatic rings. The lowest BCUT2D eigenvalue weighted by molar-refractivity contribution is -0.0204. The highest BCUT2D eigenvalue weighted by Crippen LogP contribution is 2.55. The van der Waals surface area contributed by atoms with E-state index in [2.05, 4.69) is 20.4 Å². The SMILES string of the molecule is O=P(O)(O)CP(=O)(O)OCC1OC(c2cnc3c(NCc4ccccc4)ncnn23)C(O)C1O. The summed E-state index contributed by atoms with van der Waals surface area (Å²) in [7, 11) is -9.46. The van der Waals surface area contributed by atoms with Crippen molar-refractivity contribution in [1.82, 2.24) is 19.6 Å². The molecular formula is C18H23N5O9P2. The van der Waals surface area contributed by atoms with E-state index in [1.54, 1.807) is 0 Å². The molecule has 1 aliphatic heterocycles. The monoisotopic (exact) mass is 515 g/mol. The molecule has 0 saturated carbocycles. The number of hydrogen-bond acceptors (Lipinski definition) is 10. The van der Waals surface area contributed by atoms with Crippen LogP contribution in [-0.2, 0) is 24.9 Å². The molecule has 0 bridgehead atoms. The van der Waals surface area contributed by atoms with E-state index in [4.69, 9.17) is 19.0 Å². The molecule has 4 rings (SSSR count). The Labute approximate surface area is 192 Å². The average molecular weight is 515 g/mol. The molecule has 3 heterocycles. The molecule has 1 fully saturated rings. The van der Waals surface area contributed by atoms with Crippen LogP contribution in [0.15, 0.2) is 42.9 Å². The number of anilines is 1. The van der Waals surface area contributed by atoms with Crippen molar-refractivity contribution in [2.75, 3.05) is 17.8 Å². The predicted molar refractivity (Wildman–Crippen MR) is 117 cm³/mol. The number of nitrogens with one attached hydrogen (secondary N) is 1. The van der Waals surface area contributed by atoms with Gasteiger partial charge in [0.05, 0.1) is 18.5 Å². The molecule has 34 heavy (non-hydrogen) atoms. The molecular weight excluding hydrogens is 492 g/mol. The zero-order valence-corrected chi connectivity index (χ0v) is 19.3. The summed E-state index contributed by atoms with van der Waals surface area (Å²) in [5.74, 6) is -0.950. The van der Waals surface area contributed by atoms with Gasteiger partial charge in [-0.05, 0) is 5.56 Å². The Morgan fingerprint density at radius 2 is 1.82 bits per heavy atom. The van der Waals surface area contributed by atoms with Crippen LogP contribution in [-0.4, -0.2) is 75.3 Å². The third-order valence-electron chi connectivity index (χ3n) is 5.09. The van der Waals surface area contributed by atoms with Crippen molar-refractivity contribution >= 4 is 26.7 Å². The van der Waals surface area contributed by atoms with Crippen molar-refractivity contribution in [3.8, 4) is 0 Å². The van der Waals surface area contributed by atoms with Gasteiger partial charge in [-0.1, -0.05) is 30.3 Å². The molecule has 0 spiro atoms. The molecule has 14 nitrogen and oxygen atoms in total. The zero-order chi connectivity index (χ0) is 24.5. The molecule has 1 saturated heterocycles. The van der Waals surface area contributed by atoms with E-state index in [1.165, 1.54) is 17.0 Å². The quantitative estimate of drug-likeness (QED) is 0.211. The summed E-state index contributed by atoms with van der Waals surface area (Å²) < 4.78 is 34.6. The van der Waals surface area contributed by atoms with Gasteiger partial charge in [0.15, 0.2) is 17.4 Å². The van der Waals surface area contributed by atoms with Crippen molar-refractivity contribution in [2.24, 2.45) is 0 Å². The van der Waals surface area contributed by atoms with Crippen LogP contribution in [0, 0.1) is 0 Å². The second-order valence-electron chi connectivity index (χ2n) is 7.68. The molecule has 0 aliphatic carbocycles. The highest BCUT2D eigenvalue weighted by Gasteiger charge is 2.46. The highest BCUT2D eigenvalue weighted by atomic mass is 31.2. The first kappa shape index (κ1) is 24.9. The Hall–Kier alpha value is -2.25. The first-order valence-corrected chi connectivity index (χ1v) is 13.6. The third-order valence-corrected chi connectivity index (χ3v) is 8.55. The summed E-state index contributed by atoms with van der Waals surface area (Å²) in [5.41, 5.74) is 1.66. The maximum absolute atomic E-state index is 11.9. The van der Waals surface area contributed by atoms with Gasteiger partial charge < -0.3 is 39.5 Å². The lowest BCUT2D eigenvalue weighted by Gasteiger charge is -2.18. The van der Waals surface area contributed by atoms with Crippen LogP contribution in [0.1, 0.15) is 17.4 Å². The number of hydrogen-bond donors (Lipinski definition) is 6. The van der Waals surface area contributed by atoms with Crippen molar-refractivity contribution in [1.29, 1.82) is 0 Å². The van der Waals surface area contributed by atoms with Crippen LogP contribution in [0.3, 0.4) is 0 Å². The Bertz CT molecular complexity index is 1240. The van der Waals surface area contributed by atoms with Gasteiger partial charge in [-0.2, -0.15) is 5.10 Å². The minimum Gasteiger partial charge on any atom is -0.387 e. The van der Waals surface area contributed by atoms with Crippen molar-refractivity contribution in [3.63, 3.8) is 0 Å². The van der Waals surface area contributed by atoms with E-state index in [0.717, 1.165) is 5.56 Å². The summed E-state index contributed by atoms with van der Waals surface area (Å²) in [5, 5.41) is 28.1. The third kappa shape index (κ3) is 5.69. The van der Waals surface area contributed by atoms with E-state index in [-0.39, 0.29) is 5.69 Å². The van der Waals surface area contributed by atoms with Gasteiger partial charge in [0.2, 0.25) is 0 Å². The second kappa shape index (κ2) is 9.78. The largest absolute Gasteiger partial charge is 0.387 e. The number of aliphatic hydroxyl groups is 2. The minimum absolute atomic E-state index is 0.289. The van der Waals surface area contributed by atoms with Crippen LogP contribution < -0.4 is 5.32 Å². The fraction of sp³-hybridized carbons (Fsp3) is 0.389. The summed E-state index contributed by atoms with van der Waals surface area (Å²) in [6, 6.07) is 9.61. The van der Waals surface area contributed by atoms with Crippen LogP contribution in [0.2, 0.25) is 0 Å². The van der Waals surface area contributed by atoms with Crippen LogP contribution in [0.4, 0.5) is 5.82 Å². The standard InChI is InChI=1S/C18H23N5O9P2/c24-14-13(8-31-34(29,30)10-33(26,27)28)32-16(15(14)25)12-7-20-18-17(21-9-22-23(12)18)19-6-11-4-2-1-3-5-11/h1-5,7,9,13-16,24-25H,6,8,10H2,(H,29,30)(H,19,21,22)(H2,26,27,28). The summed E-state index contributed by atoms with van der Waals surface area (Å²) in [4.78, 5) is 35.9. The van der Waals surface area contributed by atoms with E-state index in [0.29, 0.717) is 18.0 Å². The van der Waals surface area contributed by atoms with Gasteiger partial charge in [-0.15, -0.1) is 0 Å². The van der Waals surface area contributed by atoms with Gasteiger partial charge >= 0.3 is 15.2 Å². The first-order valence-electron chi connectivity index (χ1n) is 10.0. The summed E-state index contributed by atoms with van der Waals surface area (Å²) >= 11 is 0. The van der Waals surface area contributed by atoms with E-state index in [9.17, 15) is 24.2 Å². The van der Waals surface area contributed by atoms with Gasteiger partial charge in [-0.25, -0.2) is 14.5 Å². The molecule has 3 aromatic rings. The molecule has 184 valence electrons. The Morgan fingerprint density at radius 3 is 2.53 bits per heavy atom. The number of fused-ring (bicyclic) bond motifs is 1. The number of imidazole rings is 1. The maximum atomic E-state index is 11.9. The fourth-order valence-electron chi connectivity index (χ4n) is 3.53. The zero-order valence-electron chi connectivity index (χ0n) is 17.5. The maximum Gasteiger partial charge on any atom is 0.340 e. The van der Waals surface area contributed by atoms with Gasteiger partial charge in [0, 0.05) is 6.54 Å². The van der Waals surface area contributed by atoms with Crippen LogP contribution in [0.5, 0.6) is 0 Å². The lowest BCUT2D eigenvalue weighted by atomic mass is 10.1. The molecule has 5 unspecified atom stereocenters. The average Bonchev–Trinajstić information content (AvgIpc) is 3.32. The Balaban J connectivity index is 1.48. The summed E-state index contributed by atoms with van der Waals surface area (Å²) in [6.07, 6.45) is -2.65. The lowest BCUT2D eigenvalue weighted by Crippen LogP contribution is -2.33. The van der Waals surface area contributed by atoms with Gasteiger partial charge in [-0.3, -0.25) is 9.13 Å². The molecule has 5 atom stereocenters. The van der Waals surface area contributed by atoms with E-state index in [1.807, 2.05) is 30.3 Å². The smallest absolute Gasteiger partial charge is 0.340 e. The number of ether oxygens (including phenoxy) is 1. The van der Waals surface area contributed by atoms with Gasteiger partial charge in [0.1, 0.15) is 30.7 Å². The summed E-state index contributed by atoms with van der Waals surface area (Å²) in [6.45, 7) is -0.204. The molecule has 2 aromatic heterocycles. The minimum atomic E-state index is -4.81. The molecule has 0 amide bonds. The number of rotatable bonds is 9. The van der Waals surface area contributed by atoms with Gasteiger partial charge in [0.25, 0.3) is 0 Å². The number of nitrogens with zero attached hydrogens (tertiary/aromatic N) is 4. The number of aliphatic hydroxyl groups excluding tert-OH is 2. The fourth-order valence-corrected chi connectivity index (χ4v) is 6.10. The highest BCUT2D eigenvalue weighted by molar-refractivity contribution is 7.70. The van der Waals surface area contributed by atoms with Crippen LogP contribution in [0.25, 0.3) is 5.65 Å². The first-order chi connectivity index (χ1) is 16.0. The molecule has 1 aromatic carbocycles. The van der Waals surface area contributed by atoms with E-state index < -0.39 is 52.1 Å². The Kier molecular flexibility index (Phi) is 7.15. The molecule has 6 N–H and O–H groups in total. The topological polar surface area (TPSA) is 209 Å².